The first-order valence-corrected chi connectivity index (χ1v) is 5.86. The zero-order chi connectivity index (χ0) is 9.69. The second kappa shape index (κ2) is 2.94. The molecule has 2 nitrogen and oxygen atoms in total. The van der Waals surface area contributed by atoms with Gasteiger partial charge in [-0.05, 0) is 26.7 Å². The average molecular weight is 249 g/mol. The van der Waals surface area contributed by atoms with Crippen molar-refractivity contribution in [3.05, 3.63) is 0 Å². The van der Waals surface area contributed by atoms with Crippen molar-refractivity contribution in [1.29, 1.82) is 0 Å². The molecule has 0 saturated carbocycles. The van der Waals surface area contributed by atoms with Crippen LogP contribution in [0.5, 0.6) is 0 Å². The van der Waals surface area contributed by atoms with Gasteiger partial charge in [0.1, 0.15) is 0 Å². The molecule has 3 heteroatoms. The van der Waals surface area contributed by atoms with Crippen molar-refractivity contribution in [2.45, 2.75) is 49.8 Å². The first-order chi connectivity index (χ1) is 5.96. The van der Waals surface area contributed by atoms with E-state index in [2.05, 4.69) is 36.7 Å². The summed E-state index contributed by atoms with van der Waals surface area (Å²) in [7, 11) is 0. The third kappa shape index (κ3) is 1.45. The van der Waals surface area contributed by atoms with Gasteiger partial charge in [0.25, 0.3) is 0 Å². The van der Waals surface area contributed by atoms with Crippen molar-refractivity contribution in [2.75, 3.05) is 6.61 Å². The van der Waals surface area contributed by atoms with Crippen LogP contribution in [0.25, 0.3) is 0 Å². The molecule has 0 aliphatic carbocycles. The molecule has 1 spiro atoms. The predicted octanol–water partition coefficient (Wildman–Crippen LogP) is 2.70. The van der Waals surface area contributed by atoms with Gasteiger partial charge in [0, 0.05) is 5.92 Å². The summed E-state index contributed by atoms with van der Waals surface area (Å²) in [6, 6.07) is 0. The second-order valence-electron chi connectivity index (χ2n) is 4.79. The van der Waals surface area contributed by atoms with Crippen molar-refractivity contribution in [1.82, 2.24) is 0 Å². The highest BCUT2D eigenvalue weighted by atomic mass is 79.9. The number of hydrogen-bond acceptors (Lipinski definition) is 2. The van der Waals surface area contributed by atoms with Gasteiger partial charge in [-0.2, -0.15) is 0 Å². The standard InChI is InChI=1S/C10H17BrO2/c1-7-4-5-12-10(7)8(11)6-9(2,3)13-10/h7-8H,4-6H2,1-3H3/t7-,8+,10+/m0/s1. The zero-order valence-corrected chi connectivity index (χ0v) is 10.1. The normalized spacial score (nSPS) is 48.9. The minimum Gasteiger partial charge on any atom is -0.349 e. The number of ether oxygens (including phenoxy) is 2. The molecule has 0 aromatic carbocycles. The molecule has 2 aliphatic rings. The summed E-state index contributed by atoms with van der Waals surface area (Å²) >= 11 is 3.69. The monoisotopic (exact) mass is 248 g/mol. The lowest BCUT2D eigenvalue weighted by atomic mass is 9.96. The van der Waals surface area contributed by atoms with E-state index in [9.17, 15) is 0 Å². The lowest BCUT2D eigenvalue weighted by molar-refractivity contribution is -0.233. The molecule has 0 unspecified atom stereocenters. The SMILES string of the molecule is C[C@H]1CCO[C@@]12OC(C)(C)C[C@H]2Br. The summed E-state index contributed by atoms with van der Waals surface area (Å²) in [5.74, 6) is 0.155. The average Bonchev–Trinajstić information content (AvgIpc) is 2.40. The molecule has 13 heavy (non-hydrogen) atoms. The van der Waals surface area contributed by atoms with Crippen LogP contribution in [0.1, 0.15) is 33.6 Å². The van der Waals surface area contributed by atoms with Crippen LogP contribution in [0.4, 0.5) is 0 Å². The van der Waals surface area contributed by atoms with Crippen LogP contribution in [0.2, 0.25) is 0 Å². The van der Waals surface area contributed by atoms with Crippen LogP contribution >= 0.6 is 15.9 Å². The Labute approximate surface area is 88.1 Å². The number of alkyl halides is 1. The fourth-order valence-corrected chi connectivity index (χ4v) is 3.84. The number of hydrogen-bond donors (Lipinski definition) is 0. The van der Waals surface area contributed by atoms with Gasteiger partial charge in [0.2, 0.25) is 0 Å². The molecule has 76 valence electrons. The van der Waals surface area contributed by atoms with E-state index in [4.69, 9.17) is 9.47 Å². The van der Waals surface area contributed by atoms with Crippen LogP contribution < -0.4 is 0 Å². The molecular weight excluding hydrogens is 232 g/mol. The molecule has 0 bridgehead atoms. The Balaban J connectivity index is 2.24. The smallest absolute Gasteiger partial charge is 0.184 e. The number of rotatable bonds is 0. The molecule has 0 N–H and O–H groups in total. The first-order valence-electron chi connectivity index (χ1n) is 4.94. The van der Waals surface area contributed by atoms with E-state index in [0.29, 0.717) is 10.7 Å². The van der Waals surface area contributed by atoms with Crippen LogP contribution in [0.3, 0.4) is 0 Å². The van der Waals surface area contributed by atoms with E-state index in [1.54, 1.807) is 0 Å². The Kier molecular flexibility index (Phi) is 2.25. The maximum absolute atomic E-state index is 6.05. The molecule has 2 heterocycles. The molecule has 0 aromatic heterocycles. The quantitative estimate of drug-likeness (QED) is 0.614. The molecule has 0 amide bonds. The van der Waals surface area contributed by atoms with E-state index < -0.39 is 0 Å². The van der Waals surface area contributed by atoms with Gasteiger partial charge in [-0.3, -0.25) is 0 Å². The molecule has 2 rings (SSSR count). The summed E-state index contributed by atoms with van der Waals surface area (Å²) in [5, 5.41) is 0. The van der Waals surface area contributed by atoms with Gasteiger partial charge in [-0.25, -0.2) is 0 Å². The molecule has 3 atom stereocenters. The highest BCUT2D eigenvalue weighted by Crippen LogP contribution is 2.50. The van der Waals surface area contributed by atoms with E-state index in [1.807, 2.05) is 0 Å². The third-order valence-electron chi connectivity index (χ3n) is 3.11. The van der Waals surface area contributed by atoms with Crippen molar-refractivity contribution >= 4 is 15.9 Å². The van der Waals surface area contributed by atoms with Crippen LogP contribution in [-0.2, 0) is 9.47 Å². The van der Waals surface area contributed by atoms with Gasteiger partial charge in [0.05, 0.1) is 17.0 Å². The van der Waals surface area contributed by atoms with Gasteiger partial charge in [0.15, 0.2) is 5.79 Å². The first kappa shape index (κ1) is 9.94. The van der Waals surface area contributed by atoms with E-state index >= 15 is 0 Å². The van der Waals surface area contributed by atoms with Gasteiger partial charge in [-0.15, -0.1) is 0 Å². The Morgan fingerprint density at radius 3 is 2.46 bits per heavy atom. The molecule has 0 aromatic rings. The summed E-state index contributed by atoms with van der Waals surface area (Å²) in [6.45, 7) is 7.30. The van der Waals surface area contributed by atoms with Crippen LogP contribution in [-0.4, -0.2) is 22.8 Å². The van der Waals surface area contributed by atoms with E-state index in [-0.39, 0.29) is 11.4 Å². The maximum Gasteiger partial charge on any atom is 0.184 e. The third-order valence-corrected chi connectivity index (χ3v) is 4.07. The van der Waals surface area contributed by atoms with Crippen molar-refractivity contribution in [2.24, 2.45) is 5.92 Å². The fraction of sp³-hybridized carbons (Fsp3) is 1.00. The lowest BCUT2D eigenvalue weighted by Crippen LogP contribution is -2.41. The highest BCUT2D eigenvalue weighted by molar-refractivity contribution is 9.09. The van der Waals surface area contributed by atoms with Crippen LogP contribution in [0.15, 0.2) is 0 Å². The predicted molar refractivity (Wildman–Crippen MR) is 55.0 cm³/mol. The van der Waals surface area contributed by atoms with Crippen molar-refractivity contribution in [3.8, 4) is 0 Å². The van der Waals surface area contributed by atoms with Gasteiger partial charge >= 0.3 is 0 Å². The molecular formula is C10H17BrO2. The van der Waals surface area contributed by atoms with E-state index in [1.165, 1.54) is 0 Å². The zero-order valence-electron chi connectivity index (χ0n) is 8.47. The Hall–Kier alpha value is 0.400. The Morgan fingerprint density at radius 1 is 1.38 bits per heavy atom. The largest absolute Gasteiger partial charge is 0.349 e. The summed E-state index contributed by atoms with van der Waals surface area (Å²) in [5.41, 5.74) is -0.0488. The molecule has 2 aliphatic heterocycles. The van der Waals surface area contributed by atoms with Crippen molar-refractivity contribution in [3.63, 3.8) is 0 Å². The van der Waals surface area contributed by atoms with Crippen LogP contribution in [0, 0.1) is 5.92 Å². The molecule has 2 saturated heterocycles. The van der Waals surface area contributed by atoms with Gasteiger partial charge in [-0.1, -0.05) is 22.9 Å². The fourth-order valence-electron chi connectivity index (χ4n) is 2.38. The summed E-state index contributed by atoms with van der Waals surface area (Å²) in [6.07, 6.45) is 2.13. The maximum atomic E-state index is 6.05. The van der Waals surface area contributed by atoms with Crippen molar-refractivity contribution < 1.29 is 9.47 Å². The molecule has 2 fully saturated rings. The minimum absolute atomic E-state index is 0.0488. The highest BCUT2D eigenvalue weighted by Gasteiger charge is 2.57. The minimum atomic E-state index is -0.344. The van der Waals surface area contributed by atoms with Gasteiger partial charge < -0.3 is 9.47 Å². The van der Waals surface area contributed by atoms with E-state index in [0.717, 1.165) is 19.4 Å². The second-order valence-corrected chi connectivity index (χ2v) is 5.90. The Bertz CT molecular complexity index is 217. The number of halogens is 1. The summed E-state index contributed by atoms with van der Waals surface area (Å²) in [4.78, 5) is 0.340. The Morgan fingerprint density at radius 2 is 2.08 bits per heavy atom. The lowest BCUT2D eigenvalue weighted by Gasteiger charge is -2.32. The topological polar surface area (TPSA) is 18.5 Å². The summed E-state index contributed by atoms with van der Waals surface area (Å²) < 4.78 is 11.8. The molecule has 0 radical (unpaired) electrons.